The van der Waals surface area contributed by atoms with E-state index in [-0.39, 0.29) is 0 Å². The fraction of sp³-hybridized carbons (Fsp3) is 0.667. The van der Waals surface area contributed by atoms with Gasteiger partial charge in [-0.3, -0.25) is 0 Å². The SMILES string of the molecule is C=C(CC/C=C/C[C@H]1CCC[C@@H]1C=CCCCCCC)C(=O)O. The van der Waals surface area contributed by atoms with Crippen LogP contribution >= 0.6 is 0 Å². The molecule has 0 bridgehead atoms. The molecule has 0 aliphatic heterocycles. The topological polar surface area (TPSA) is 37.3 Å². The average molecular weight is 319 g/mol. The van der Waals surface area contributed by atoms with Crippen LogP contribution in [0.5, 0.6) is 0 Å². The predicted molar refractivity (Wildman–Crippen MR) is 98.5 cm³/mol. The van der Waals surface area contributed by atoms with Crippen molar-refractivity contribution in [1.82, 2.24) is 0 Å². The molecule has 0 aromatic carbocycles. The molecule has 2 atom stereocenters. The molecule has 2 heteroatoms. The number of hydrogen-bond donors (Lipinski definition) is 1. The summed E-state index contributed by atoms with van der Waals surface area (Å²) in [6.45, 7) is 5.81. The van der Waals surface area contributed by atoms with Gasteiger partial charge in [0.15, 0.2) is 0 Å². The van der Waals surface area contributed by atoms with Crippen LogP contribution in [0.15, 0.2) is 36.5 Å². The molecule has 1 rings (SSSR count). The van der Waals surface area contributed by atoms with Gasteiger partial charge in [-0.25, -0.2) is 4.79 Å². The summed E-state index contributed by atoms with van der Waals surface area (Å²) in [5, 5.41) is 8.77. The fourth-order valence-corrected chi connectivity index (χ4v) is 3.32. The molecule has 1 fully saturated rings. The lowest BCUT2D eigenvalue weighted by atomic mass is 9.92. The van der Waals surface area contributed by atoms with Crippen molar-refractivity contribution in [2.75, 3.05) is 0 Å². The first kappa shape index (κ1) is 19.7. The van der Waals surface area contributed by atoms with E-state index < -0.39 is 5.97 Å². The van der Waals surface area contributed by atoms with E-state index in [4.69, 9.17) is 5.11 Å². The summed E-state index contributed by atoms with van der Waals surface area (Å²) in [6, 6.07) is 0. The van der Waals surface area contributed by atoms with Gasteiger partial charge in [-0.05, 0) is 56.8 Å². The molecule has 130 valence electrons. The van der Waals surface area contributed by atoms with E-state index in [1.54, 1.807) is 0 Å². The number of carbonyl (C=O) groups is 1. The minimum Gasteiger partial charge on any atom is -0.478 e. The predicted octanol–water partition coefficient (Wildman–Crippen LogP) is 6.30. The lowest BCUT2D eigenvalue weighted by Crippen LogP contribution is -2.03. The zero-order chi connectivity index (χ0) is 16.9. The molecule has 1 N–H and O–H groups in total. The van der Waals surface area contributed by atoms with Gasteiger partial charge in [0.05, 0.1) is 0 Å². The molecule has 1 aliphatic carbocycles. The Morgan fingerprint density at radius 1 is 1.13 bits per heavy atom. The molecule has 23 heavy (non-hydrogen) atoms. The monoisotopic (exact) mass is 318 g/mol. The van der Waals surface area contributed by atoms with Crippen molar-refractivity contribution < 1.29 is 9.90 Å². The average Bonchev–Trinajstić information content (AvgIpc) is 2.97. The molecule has 0 unspecified atom stereocenters. The van der Waals surface area contributed by atoms with Gasteiger partial charge in [-0.1, -0.05) is 63.5 Å². The molecule has 1 saturated carbocycles. The van der Waals surface area contributed by atoms with Crippen LogP contribution in [0, 0.1) is 11.8 Å². The van der Waals surface area contributed by atoms with Gasteiger partial charge in [-0.2, -0.15) is 0 Å². The van der Waals surface area contributed by atoms with Gasteiger partial charge < -0.3 is 5.11 Å². The molecule has 0 saturated heterocycles. The Hall–Kier alpha value is -1.31. The van der Waals surface area contributed by atoms with Crippen molar-refractivity contribution >= 4 is 5.97 Å². The largest absolute Gasteiger partial charge is 0.478 e. The minimum absolute atomic E-state index is 0.305. The van der Waals surface area contributed by atoms with E-state index >= 15 is 0 Å². The number of rotatable bonds is 12. The molecule has 0 aromatic heterocycles. The van der Waals surface area contributed by atoms with E-state index in [2.05, 4.69) is 37.8 Å². The Morgan fingerprint density at radius 3 is 2.70 bits per heavy atom. The normalized spacial score (nSPS) is 21.4. The summed E-state index contributed by atoms with van der Waals surface area (Å²) in [6.07, 6.45) is 22.3. The summed E-state index contributed by atoms with van der Waals surface area (Å²) >= 11 is 0. The third kappa shape index (κ3) is 8.78. The van der Waals surface area contributed by atoms with Crippen molar-refractivity contribution in [3.05, 3.63) is 36.5 Å². The highest BCUT2D eigenvalue weighted by Gasteiger charge is 2.23. The zero-order valence-electron chi connectivity index (χ0n) is 14.8. The highest BCUT2D eigenvalue weighted by molar-refractivity contribution is 5.85. The summed E-state index contributed by atoms with van der Waals surface area (Å²) in [5.41, 5.74) is 0.305. The second kappa shape index (κ2) is 12.2. The van der Waals surface area contributed by atoms with Crippen LogP contribution in [0.25, 0.3) is 0 Å². The van der Waals surface area contributed by atoms with Crippen molar-refractivity contribution in [3.8, 4) is 0 Å². The molecule has 1 aliphatic rings. The zero-order valence-corrected chi connectivity index (χ0v) is 14.8. The fourth-order valence-electron chi connectivity index (χ4n) is 3.32. The summed E-state index contributed by atoms with van der Waals surface area (Å²) in [5.74, 6) is 0.652. The Morgan fingerprint density at radius 2 is 1.96 bits per heavy atom. The maximum atomic E-state index is 10.7. The van der Waals surface area contributed by atoms with Crippen LogP contribution in [0.3, 0.4) is 0 Å². The first-order valence-corrected chi connectivity index (χ1v) is 9.37. The first-order chi connectivity index (χ1) is 11.1. The quantitative estimate of drug-likeness (QED) is 0.260. The van der Waals surface area contributed by atoms with Crippen LogP contribution in [0.2, 0.25) is 0 Å². The Labute approximate surface area is 142 Å². The third-order valence-corrected chi connectivity index (χ3v) is 4.85. The van der Waals surface area contributed by atoms with Crippen molar-refractivity contribution in [1.29, 1.82) is 0 Å². The van der Waals surface area contributed by atoms with E-state index in [0.717, 1.165) is 24.7 Å². The van der Waals surface area contributed by atoms with E-state index in [9.17, 15) is 4.79 Å². The number of carboxylic acids is 1. The van der Waals surface area contributed by atoms with Gasteiger partial charge in [0.1, 0.15) is 0 Å². The molecule has 0 spiro atoms. The lowest BCUT2D eigenvalue weighted by Gasteiger charge is -2.14. The molecular weight excluding hydrogens is 284 g/mol. The molecule has 0 aromatic rings. The Balaban J connectivity index is 2.20. The summed E-state index contributed by atoms with van der Waals surface area (Å²) in [7, 11) is 0. The number of carboxylic acid groups (broad SMARTS) is 1. The second-order valence-corrected chi connectivity index (χ2v) is 6.79. The Bertz CT molecular complexity index is 406. The van der Waals surface area contributed by atoms with E-state index in [0.29, 0.717) is 12.0 Å². The van der Waals surface area contributed by atoms with Gasteiger partial charge in [0, 0.05) is 5.57 Å². The van der Waals surface area contributed by atoms with Crippen LogP contribution in [-0.4, -0.2) is 11.1 Å². The molecule has 0 heterocycles. The number of aliphatic carboxylic acids is 1. The molecule has 0 radical (unpaired) electrons. The van der Waals surface area contributed by atoms with E-state index in [1.807, 2.05) is 0 Å². The number of allylic oxidation sites excluding steroid dienone is 4. The maximum absolute atomic E-state index is 10.7. The molecule has 2 nitrogen and oxygen atoms in total. The smallest absolute Gasteiger partial charge is 0.330 e. The lowest BCUT2D eigenvalue weighted by molar-refractivity contribution is -0.132. The third-order valence-electron chi connectivity index (χ3n) is 4.85. The number of unbranched alkanes of at least 4 members (excludes halogenated alkanes) is 4. The van der Waals surface area contributed by atoms with Crippen LogP contribution in [-0.2, 0) is 4.79 Å². The summed E-state index contributed by atoms with van der Waals surface area (Å²) in [4.78, 5) is 10.7. The van der Waals surface area contributed by atoms with Crippen LogP contribution < -0.4 is 0 Å². The Kier molecular flexibility index (Phi) is 10.4. The van der Waals surface area contributed by atoms with Crippen LogP contribution in [0.4, 0.5) is 0 Å². The maximum Gasteiger partial charge on any atom is 0.330 e. The standard InChI is InChI=1S/C21H34O2/c1-3-4-5-6-7-10-14-19-16-12-17-20(19)15-11-8-9-13-18(2)21(22)23/h8,10-11,14,19-20H,2-7,9,12-13,15-17H2,1H3,(H,22,23)/b11-8+,14-10?/t19-,20-/m0/s1. The van der Waals surface area contributed by atoms with Crippen molar-refractivity contribution in [2.24, 2.45) is 11.8 Å². The van der Waals surface area contributed by atoms with Gasteiger partial charge >= 0.3 is 5.97 Å². The van der Waals surface area contributed by atoms with Crippen molar-refractivity contribution in [2.45, 2.75) is 77.6 Å². The molecule has 0 amide bonds. The van der Waals surface area contributed by atoms with Crippen LogP contribution in [0.1, 0.15) is 77.6 Å². The molecular formula is C21H34O2. The minimum atomic E-state index is -0.877. The van der Waals surface area contributed by atoms with Gasteiger partial charge in [-0.15, -0.1) is 0 Å². The highest BCUT2D eigenvalue weighted by Crippen LogP contribution is 2.35. The van der Waals surface area contributed by atoms with Gasteiger partial charge in [0.25, 0.3) is 0 Å². The van der Waals surface area contributed by atoms with Crippen molar-refractivity contribution in [3.63, 3.8) is 0 Å². The number of hydrogen-bond acceptors (Lipinski definition) is 1. The first-order valence-electron chi connectivity index (χ1n) is 9.37. The highest BCUT2D eigenvalue weighted by atomic mass is 16.4. The van der Waals surface area contributed by atoms with E-state index in [1.165, 1.54) is 51.4 Å². The van der Waals surface area contributed by atoms with Gasteiger partial charge in [0.2, 0.25) is 0 Å². The summed E-state index contributed by atoms with van der Waals surface area (Å²) < 4.78 is 0. The second-order valence-electron chi connectivity index (χ2n) is 6.79.